The summed E-state index contributed by atoms with van der Waals surface area (Å²) in [5.74, 6) is -0.0521. The fourth-order valence-electron chi connectivity index (χ4n) is 5.00. The van der Waals surface area contributed by atoms with Crippen LogP contribution in [0, 0.1) is 5.41 Å². The van der Waals surface area contributed by atoms with E-state index in [1.165, 1.54) is 5.56 Å². The average molecular weight is 588 g/mol. The monoisotopic (exact) mass is 587 g/mol. The van der Waals surface area contributed by atoms with E-state index in [0.29, 0.717) is 5.02 Å². The third kappa shape index (κ3) is 8.93. The normalized spacial score (nSPS) is 13.1. The Balaban J connectivity index is 1.58. The second-order valence-corrected chi connectivity index (χ2v) is 13.5. The van der Waals surface area contributed by atoms with Gasteiger partial charge in [-0.3, -0.25) is 4.79 Å². The molecule has 0 saturated carbocycles. The van der Waals surface area contributed by atoms with Crippen molar-refractivity contribution in [2.24, 2.45) is 5.41 Å². The van der Waals surface area contributed by atoms with Gasteiger partial charge in [-0.25, -0.2) is 4.98 Å². The van der Waals surface area contributed by atoms with Crippen LogP contribution in [0.4, 0.5) is 0 Å². The first-order valence-electron chi connectivity index (χ1n) is 13.9. The standard InChI is InChI=1S/C35H38ClNO3S/c1-34(2,22-33(38)39)23-41-32(19-15-25-9-5-6-11-30(25)35(3,4)40)27-10-7-8-24(20-27)12-17-29-18-14-26-13-16-28(36)21-31(26)37-29/h5-14,16-18,20-21,32,40H,15,19,22-23H2,1-4H3,(H,38,39)/t32-/m1/s1. The highest BCUT2D eigenvalue weighted by Gasteiger charge is 2.25. The highest BCUT2D eigenvalue weighted by atomic mass is 35.5. The molecule has 0 fully saturated rings. The van der Waals surface area contributed by atoms with Crippen LogP contribution in [0.5, 0.6) is 0 Å². The molecule has 3 aromatic carbocycles. The molecule has 0 aliphatic rings. The van der Waals surface area contributed by atoms with Crippen LogP contribution in [-0.4, -0.2) is 26.9 Å². The molecule has 0 bridgehead atoms. The number of hydrogen-bond donors (Lipinski definition) is 2. The van der Waals surface area contributed by atoms with Gasteiger partial charge < -0.3 is 10.2 Å². The Bertz CT molecular complexity index is 1540. The number of aryl methyl sites for hydroxylation is 1. The van der Waals surface area contributed by atoms with Crippen molar-refractivity contribution in [1.29, 1.82) is 0 Å². The molecule has 0 radical (unpaired) electrons. The third-order valence-corrected chi connectivity index (χ3v) is 9.16. The zero-order valence-electron chi connectivity index (χ0n) is 24.1. The number of carboxylic acids is 1. The van der Waals surface area contributed by atoms with Crippen molar-refractivity contribution in [2.75, 3.05) is 5.75 Å². The topological polar surface area (TPSA) is 70.4 Å². The summed E-state index contributed by atoms with van der Waals surface area (Å²) < 4.78 is 0. The number of thioether (sulfide) groups is 1. The van der Waals surface area contributed by atoms with Crippen molar-refractivity contribution in [1.82, 2.24) is 4.98 Å². The van der Waals surface area contributed by atoms with Crippen molar-refractivity contribution in [3.63, 3.8) is 0 Å². The first-order chi connectivity index (χ1) is 19.4. The number of halogens is 1. The van der Waals surface area contributed by atoms with E-state index in [9.17, 15) is 15.0 Å². The first-order valence-corrected chi connectivity index (χ1v) is 15.3. The largest absolute Gasteiger partial charge is 0.481 e. The lowest BCUT2D eigenvalue weighted by molar-refractivity contribution is -0.138. The van der Waals surface area contributed by atoms with E-state index >= 15 is 0 Å². The average Bonchev–Trinajstić information content (AvgIpc) is 2.90. The van der Waals surface area contributed by atoms with Crippen molar-refractivity contribution < 1.29 is 15.0 Å². The lowest BCUT2D eigenvalue weighted by atomic mass is 9.90. The summed E-state index contributed by atoms with van der Waals surface area (Å²) in [6.45, 7) is 7.66. The van der Waals surface area contributed by atoms with E-state index < -0.39 is 11.6 Å². The number of carboxylic acid groups (broad SMARTS) is 1. The SMILES string of the molecule is CC(C)(CS[C@H](CCc1ccccc1C(C)(C)O)c1cccc(C=Cc2ccc3ccc(Cl)cc3n2)c1)CC(=O)O. The predicted molar refractivity (Wildman–Crippen MR) is 173 cm³/mol. The second-order valence-electron chi connectivity index (χ2n) is 11.9. The van der Waals surface area contributed by atoms with Crippen molar-refractivity contribution >= 4 is 52.4 Å². The summed E-state index contributed by atoms with van der Waals surface area (Å²) in [4.78, 5) is 16.2. The number of nitrogens with zero attached hydrogens (tertiary/aromatic N) is 1. The smallest absolute Gasteiger partial charge is 0.303 e. The Hall–Kier alpha value is -3.12. The molecule has 2 N–H and O–H groups in total. The summed E-state index contributed by atoms with van der Waals surface area (Å²) >= 11 is 7.97. The van der Waals surface area contributed by atoms with Crippen molar-refractivity contribution in [3.8, 4) is 0 Å². The van der Waals surface area contributed by atoms with Gasteiger partial charge in [0.2, 0.25) is 0 Å². The minimum Gasteiger partial charge on any atom is -0.481 e. The van der Waals surface area contributed by atoms with Crippen LogP contribution in [0.25, 0.3) is 23.1 Å². The summed E-state index contributed by atoms with van der Waals surface area (Å²) in [7, 11) is 0. The Kier molecular flexibility index (Phi) is 9.96. The molecule has 6 heteroatoms. The van der Waals surface area contributed by atoms with Gasteiger partial charge in [0.25, 0.3) is 0 Å². The van der Waals surface area contributed by atoms with Crippen LogP contribution < -0.4 is 0 Å². The molecule has 4 nitrogen and oxygen atoms in total. The molecule has 0 unspecified atom stereocenters. The number of fused-ring (bicyclic) bond motifs is 1. The summed E-state index contributed by atoms with van der Waals surface area (Å²) in [5.41, 5.74) is 4.81. The summed E-state index contributed by atoms with van der Waals surface area (Å²) in [5, 5.41) is 22.0. The van der Waals surface area contributed by atoms with Gasteiger partial charge in [-0.2, -0.15) is 11.8 Å². The van der Waals surface area contributed by atoms with Gasteiger partial charge in [-0.1, -0.05) is 92.2 Å². The number of aromatic nitrogens is 1. The quantitative estimate of drug-likeness (QED) is 0.173. The highest BCUT2D eigenvalue weighted by Crippen LogP contribution is 2.39. The van der Waals surface area contributed by atoms with Crippen LogP contribution in [0.1, 0.15) is 73.7 Å². The number of rotatable bonds is 12. The Labute approximate surface area is 252 Å². The maximum atomic E-state index is 11.4. The Morgan fingerprint density at radius 2 is 1.73 bits per heavy atom. The van der Waals surface area contributed by atoms with Gasteiger partial charge in [-0.05, 0) is 84.4 Å². The van der Waals surface area contributed by atoms with E-state index in [-0.39, 0.29) is 17.1 Å². The van der Waals surface area contributed by atoms with Gasteiger partial charge in [0.1, 0.15) is 0 Å². The molecule has 214 valence electrons. The second kappa shape index (κ2) is 13.2. The van der Waals surface area contributed by atoms with Gasteiger partial charge in [0.15, 0.2) is 0 Å². The van der Waals surface area contributed by atoms with Crippen LogP contribution in [0.15, 0.2) is 78.9 Å². The molecule has 0 aliphatic carbocycles. The molecule has 0 aliphatic heterocycles. The van der Waals surface area contributed by atoms with Crippen LogP contribution in [0.2, 0.25) is 5.02 Å². The van der Waals surface area contributed by atoms with Crippen LogP contribution in [-0.2, 0) is 16.8 Å². The molecule has 4 rings (SSSR count). The van der Waals surface area contributed by atoms with E-state index in [4.69, 9.17) is 16.6 Å². The maximum Gasteiger partial charge on any atom is 0.303 e. The molecule has 4 aromatic rings. The highest BCUT2D eigenvalue weighted by molar-refractivity contribution is 7.99. The number of aliphatic hydroxyl groups is 1. The summed E-state index contributed by atoms with van der Waals surface area (Å²) in [6, 6.07) is 26.3. The van der Waals surface area contributed by atoms with Crippen molar-refractivity contribution in [2.45, 2.75) is 57.8 Å². The molecule has 41 heavy (non-hydrogen) atoms. The Morgan fingerprint density at radius 3 is 2.49 bits per heavy atom. The Morgan fingerprint density at radius 1 is 0.976 bits per heavy atom. The van der Waals surface area contributed by atoms with Gasteiger partial charge in [0.05, 0.1) is 23.2 Å². The van der Waals surface area contributed by atoms with Gasteiger partial charge in [0, 0.05) is 15.7 Å². The number of aliphatic carboxylic acids is 1. The number of benzene rings is 3. The molecular weight excluding hydrogens is 550 g/mol. The predicted octanol–water partition coefficient (Wildman–Crippen LogP) is 9.19. The maximum absolute atomic E-state index is 11.4. The number of hydrogen-bond acceptors (Lipinski definition) is 4. The molecule has 0 spiro atoms. The molecule has 1 aromatic heterocycles. The lowest BCUT2D eigenvalue weighted by Gasteiger charge is -2.27. The zero-order chi connectivity index (χ0) is 29.6. The van der Waals surface area contributed by atoms with Gasteiger partial charge in [-0.15, -0.1) is 0 Å². The fraction of sp³-hybridized carbons (Fsp3) is 0.314. The van der Waals surface area contributed by atoms with E-state index in [1.807, 2.05) is 94.1 Å². The molecule has 1 atom stereocenters. The van der Waals surface area contributed by atoms with Crippen LogP contribution >= 0.6 is 23.4 Å². The third-order valence-electron chi connectivity index (χ3n) is 7.06. The lowest BCUT2D eigenvalue weighted by Crippen LogP contribution is -2.20. The summed E-state index contributed by atoms with van der Waals surface area (Å²) in [6.07, 6.45) is 5.88. The minimum absolute atomic E-state index is 0.126. The molecule has 1 heterocycles. The van der Waals surface area contributed by atoms with Crippen LogP contribution in [0.3, 0.4) is 0 Å². The fourth-order valence-corrected chi connectivity index (χ4v) is 6.54. The van der Waals surface area contributed by atoms with Crippen molar-refractivity contribution in [3.05, 3.63) is 112 Å². The van der Waals surface area contributed by atoms with E-state index in [2.05, 4.69) is 36.4 Å². The minimum atomic E-state index is -0.921. The van der Waals surface area contributed by atoms with Gasteiger partial charge >= 0.3 is 5.97 Å². The molecule has 0 saturated heterocycles. The zero-order valence-corrected chi connectivity index (χ0v) is 25.7. The van der Waals surface area contributed by atoms with E-state index in [1.54, 1.807) is 0 Å². The first kappa shape index (κ1) is 30.8. The molecule has 0 amide bonds. The van der Waals surface area contributed by atoms with E-state index in [0.717, 1.165) is 51.9 Å². The number of pyridine rings is 1. The number of carbonyl (C=O) groups is 1. The molecular formula is C35H38ClNO3S.